The standard InChI is InChI=1S/C23H41NO4/c1-3-5-13-21(4-2)20-28-23(26)15-14-22(25)27-19-12-7-6-9-16-24-17-10-8-11-18-24/h14-15,21H,3-13,16-20H2,1-2H3/p+1/b15-14-. The third-order valence-corrected chi connectivity index (χ3v) is 5.59. The molecule has 1 saturated heterocycles. The van der Waals surface area contributed by atoms with Crippen LogP contribution < -0.4 is 4.90 Å². The third-order valence-electron chi connectivity index (χ3n) is 5.59. The molecule has 0 aromatic carbocycles. The molecule has 162 valence electrons. The lowest BCUT2D eigenvalue weighted by atomic mass is 10.0. The SMILES string of the molecule is CCCCC(CC)COC(=O)/C=C\C(=O)OCCCCCC[NH+]1CCCCC1. The predicted molar refractivity (Wildman–Crippen MR) is 112 cm³/mol. The Hall–Kier alpha value is -1.36. The van der Waals surface area contributed by atoms with E-state index < -0.39 is 11.9 Å². The van der Waals surface area contributed by atoms with Gasteiger partial charge in [0.15, 0.2) is 0 Å². The second-order valence-corrected chi connectivity index (χ2v) is 8.02. The van der Waals surface area contributed by atoms with Gasteiger partial charge in [0.1, 0.15) is 0 Å². The average Bonchev–Trinajstić information content (AvgIpc) is 2.72. The van der Waals surface area contributed by atoms with E-state index in [9.17, 15) is 9.59 Å². The third kappa shape index (κ3) is 12.9. The fraction of sp³-hybridized carbons (Fsp3) is 0.826. The maximum absolute atomic E-state index is 11.7. The van der Waals surface area contributed by atoms with Gasteiger partial charge in [-0.3, -0.25) is 0 Å². The summed E-state index contributed by atoms with van der Waals surface area (Å²) in [6.45, 7) is 9.06. The van der Waals surface area contributed by atoms with Gasteiger partial charge in [0.25, 0.3) is 0 Å². The minimum absolute atomic E-state index is 0.403. The molecule has 1 heterocycles. The molecule has 1 unspecified atom stereocenters. The van der Waals surface area contributed by atoms with Gasteiger partial charge in [0.05, 0.1) is 32.8 Å². The Morgan fingerprint density at radius 3 is 2.25 bits per heavy atom. The van der Waals surface area contributed by atoms with E-state index in [1.165, 1.54) is 63.9 Å². The summed E-state index contributed by atoms with van der Waals surface area (Å²) in [6, 6.07) is 0. The molecule has 1 fully saturated rings. The summed E-state index contributed by atoms with van der Waals surface area (Å²) in [4.78, 5) is 25.1. The molecule has 0 saturated carbocycles. The monoisotopic (exact) mass is 396 g/mol. The van der Waals surface area contributed by atoms with Gasteiger partial charge in [0.2, 0.25) is 0 Å². The number of unbranched alkanes of at least 4 members (excludes halogenated alkanes) is 4. The maximum Gasteiger partial charge on any atom is 0.331 e. The molecule has 0 amide bonds. The molecule has 0 spiro atoms. The average molecular weight is 397 g/mol. The van der Waals surface area contributed by atoms with Gasteiger partial charge >= 0.3 is 11.9 Å². The lowest BCUT2D eigenvalue weighted by Crippen LogP contribution is -3.12. The molecule has 1 N–H and O–H groups in total. The molecule has 1 rings (SSSR count). The van der Waals surface area contributed by atoms with Crippen molar-refractivity contribution >= 4 is 11.9 Å². The number of ether oxygens (including phenoxy) is 2. The second kappa shape index (κ2) is 16.6. The van der Waals surface area contributed by atoms with Crippen LogP contribution in [0.4, 0.5) is 0 Å². The van der Waals surface area contributed by atoms with E-state index in [1.807, 2.05) is 0 Å². The first-order chi connectivity index (χ1) is 13.7. The van der Waals surface area contributed by atoms with Crippen LogP contribution in [0.3, 0.4) is 0 Å². The van der Waals surface area contributed by atoms with Crippen LogP contribution >= 0.6 is 0 Å². The Morgan fingerprint density at radius 1 is 0.893 bits per heavy atom. The van der Waals surface area contributed by atoms with Crippen LogP contribution in [0.15, 0.2) is 12.2 Å². The fourth-order valence-corrected chi connectivity index (χ4v) is 3.64. The molecule has 0 aliphatic carbocycles. The van der Waals surface area contributed by atoms with Crippen LogP contribution in [-0.4, -0.2) is 44.8 Å². The first-order valence-corrected chi connectivity index (χ1v) is 11.5. The molecule has 1 atom stereocenters. The molecule has 5 nitrogen and oxygen atoms in total. The van der Waals surface area contributed by atoms with Crippen LogP contribution in [0.5, 0.6) is 0 Å². The fourth-order valence-electron chi connectivity index (χ4n) is 3.64. The molecular formula is C23H42NO4+. The van der Waals surface area contributed by atoms with Crippen LogP contribution in [0.25, 0.3) is 0 Å². The number of carbonyl (C=O) groups is 2. The molecule has 0 radical (unpaired) electrons. The normalized spacial score (nSPS) is 16.2. The molecule has 0 aromatic rings. The van der Waals surface area contributed by atoms with E-state index in [-0.39, 0.29) is 0 Å². The number of piperidine rings is 1. The van der Waals surface area contributed by atoms with E-state index in [1.54, 1.807) is 4.90 Å². The van der Waals surface area contributed by atoms with Crippen LogP contribution in [0.1, 0.15) is 84.5 Å². The molecule has 0 bridgehead atoms. The number of likely N-dealkylation sites (tertiary alicyclic amines) is 1. The Balaban J connectivity index is 2.00. The largest absolute Gasteiger partial charge is 0.463 e. The number of hydrogen-bond donors (Lipinski definition) is 1. The van der Waals surface area contributed by atoms with E-state index in [4.69, 9.17) is 9.47 Å². The van der Waals surface area contributed by atoms with Gasteiger partial charge in [-0.05, 0) is 57.3 Å². The molecule has 1 aliphatic rings. The number of esters is 2. The van der Waals surface area contributed by atoms with E-state index >= 15 is 0 Å². The van der Waals surface area contributed by atoms with Gasteiger partial charge in [0, 0.05) is 12.2 Å². The first-order valence-electron chi connectivity index (χ1n) is 11.5. The molecule has 0 aromatic heterocycles. The second-order valence-electron chi connectivity index (χ2n) is 8.02. The number of hydrogen-bond acceptors (Lipinski definition) is 4. The summed E-state index contributed by atoms with van der Waals surface area (Å²) in [5.74, 6) is -0.527. The van der Waals surface area contributed by atoms with E-state index in [0.717, 1.165) is 38.5 Å². The van der Waals surface area contributed by atoms with Gasteiger partial charge in [-0.15, -0.1) is 0 Å². The minimum atomic E-state index is -0.466. The van der Waals surface area contributed by atoms with Crippen molar-refractivity contribution in [3.8, 4) is 0 Å². The summed E-state index contributed by atoms with van der Waals surface area (Å²) >= 11 is 0. The highest BCUT2D eigenvalue weighted by atomic mass is 16.5. The summed E-state index contributed by atoms with van der Waals surface area (Å²) in [5, 5.41) is 0. The molecule has 5 heteroatoms. The number of rotatable bonds is 15. The van der Waals surface area contributed by atoms with Crippen molar-refractivity contribution in [3.63, 3.8) is 0 Å². The summed E-state index contributed by atoms with van der Waals surface area (Å²) in [5.41, 5.74) is 0. The van der Waals surface area contributed by atoms with Crippen molar-refractivity contribution in [2.45, 2.75) is 84.5 Å². The van der Waals surface area contributed by atoms with Crippen LogP contribution in [0, 0.1) is 5.92 Å². The Kier molecular flexibility index (Phi) is 14.6. The van der Waals surface area contributed by atoms with E-state index in [0.29, 0.717) is 19.1 Å². The Bertz CT molecular complexity index is 444. The molecular weight excluding hydrogens is 354 g/mol. The van der Waals surface area contributed by atoms with Gasteiger partial charge < -0.3 is 14.4 Å². The zero-order valence-corrected chi connectivity index (χ0v) is 18.2. The zero-order chi connectivity index (χ0) is 20.5. The Morgan fingerprint density at radius 2 is 1.57 bits per heavy atom. The highest BCUT2D eigenvalue weighted by molar-refractivity contribution is 5.91. The summed E-state index contributed by atoms with van der Waals surface area (Å²) < 4.78 is 10.4. The summed E-state index contributed by atoms with van der Waals surface area (Å²) in [6.07, 6.45) is 15.3. The minimum Gasteiger partial charge on any atom is -0.463 e. The maximum atomic E-state index is 11.7. The first kappa shape index (κ1) is 24.7. The van der Waals surface area contributed by atoms with Crippen molar-refractivity contribution in [1.29, 1.82) is 0 Å². The molecule has 1 aliphatic heterocycles. The predicted octanol–water partition coefficient (Wildman–Crippen LogP) is 3.47. The zero-order valence-electron chi connectivity index (χ0n) is 18.2. The van der Waals surface area contributed by atoms with Crippen LogP contribution in [-0.2, 0) is 19.1 Å². The molecule has 28 heavy (non-hydrogen) atoms. The highest BCUT2D eigenvalue weighted by Gasteiger charge is 2.12. The smallest absolute Gasteiger partial charge is 0.331 e. The topological polar surface area (TPSA) is 57.0 Å². The van der Waals surface area contributed by atoms with Crippen molar-refractivity contribution in [3.05, 3.63) is 12.2 Å². The lowest BCUT2D eigenvalue weighted by molar-refractivity contribution is -0.905. The number of nitrogens with one attached hydrogen (secondary N) is 1. The van der Waals surface area contributed by atoms with Crippen molar-refractivity contribution in [2.24, 2.45) is 5.92 Å². The number of quaternary nitrogens is 1. The quantitative estimate of drug-likeness (QED) is 0.262. The van der Waals surface area contributed by atoms with E-state index in [2.05, 4.69) is 13.8 Å². The van der Waals surface area contributed by atoms with Crippen molar-refractivity contribution in [1.82, 2.24) is 0 Å². The van der Waals surface area contributed by atoms with Gasteiger partial charge in [-0.25, -0.2) is 9.59 Å². The van der Waals surface area contributed by atoms with Crippen molar-refractivity contribution in [2.75, 3.05) is 32.8 Å². The van der Waals surface area contributed by atoms with Gasteiger partial charge in [-0.2, -0.15) is 0 Å². The summed E-state index contributed by atoms with van der Waals surface area (Å²) in [7, 11) is 0. The van der Waals surface area contributed by atoms with Crippen molar-refractivity contribution < 1.29 is 24.0 Å². The van der Waals surface area contributed by atoms with Gasteiger partial charge in [-0.1, -0.05) is 33.1 Å². The van der Waals surface area contributed by atoms with Crippen LogP contribution in [0.2, 0.25) is 0 Å². The number of carbonyl (C=O) groups excluding carboxylic acids is 2. The highest BCUT2D eigenvalue weighted by Crippen LogP contribution is 2.12. The lowest BCUT2D eigenvalue weighted by Gasteiger charge is -2.23. The Labute approximate surface area is 171 Å².